The van der Waals surface area contributed by atoms with Crippen LogP contribution in [-0.4, -0.2) is 34.9 Å². The molecule has 6 heteroatoms. The zero-order valence-corrected chi connectivity index (χ0v) is 12.5. The highest BCUT2D eigenvalue weighted by molar-refractivity contribution is 7.12. The Morgan fingerprint density at radius 3 is 2.95 bits per heavy atom. The maximum absolute atomic E-state index is 12.6. The van der Waals surface area contributed by atoms with Gasteiger partial charge < -0.3 is 10.4 Å². The first kappa shape index (κ1) is 14.6. The number of carbonyl (C=O) groups is 2. The van der Waals surface area contributed by atoms with E-state index in [1.807, 2.05) is 30.3 Å². The monoisotopic (exact) mass is 314 g/mol. The number of fused-ring (bicyclic) bond motifs is 1. The smallest absolute Gasteiger partial charge is 0.270 e. The van der Waals surface area contributed by atoms with Crippen LogP contribution in [0.1, 0.15) is 31.4 Å². The number of allylic oxidation sites excluding steroid dienone is 2. The first-order valence-electron chi connectivity index (χ1n) is 6.88. The summed E-state index contributed by atoms with van der Waals surface area (Å²) in [4.78, 5) is 28.4. The number of aliphatic hydroxyl groups excluding tert-OH is 1. The van der Waals surface area contributed by atoms with Crippen LogP contribution >= 0.6 is 11.3 Å². The van der Waals surface area contributed by atoms with Crippen molar-refractivity contribution in [3.8, 4) is 0 Å². The Labute approximate surface area is 131 Å². The molecule has 1 heterocycles. The van der Waals surface area contributed by atoms with E-state index < -0.39 is 0 Å². The summed E-state index contributed by atoms with van der Waals surface area (Å²) in [6.07, 6.45) is 2.65. The Bertz CT molecular complexity index is 764. The zero-order chi connectivity index (χ0) is 15.5. The first-order chi connectivity index (χ1) is 10.7. The van der Waals surface area contributed by atoms with Crippen molar-refractivity contribution >= 4 is 28.6 Å². The lowest BCUT2D eigenvalue weighted by atomic mass is 10.0. The largest absolute Gasteiger partial charge is 0.395 e. The average Bonchev–Trinajstić information content (AvgIpc) is 3.19. The lowest BCUT2D eigenvalue weighted by Crippen LogP contribution is -2.26. The van der Waals surface area contributed by atoms with Gasteiger partial charge in [0.25, 0.3) is 5.91 Å². The van der Waals surface area contributed by atoms with Gasteiger partial charge in [0, 0.05) is 17.5 Å². The van der Waals surface area contributed by atoms with Gasteiger partial charge in [0.2, 0.25) is 5.78 Å². The molecule has 22 heavy (non-hydrogen) atoms. The summed E-state index contributed by atoms with van der Waals surface area (Å²) in [6, 6.07) is 7.78. The third-order valence-electron chi connectivity index (χ3n) is 3.41. The van der Waals surface area contributed by atoms with Crippen molar-refractivity contribution in [2.45, 2.75) is 6.42 Å². The number of hydrogen-bond acceptors (Lipinski definition) is 5. The predicted octanol–water partition coefficient (Wildman–Crippen LogP) is 1.69. The number of Topliss-reactive ketones (excluding diaryl/α,β-unsaturated/α-hetero) is 1. The summed E-state index contributed by atoms with van der Waals surface area (Å²) in [5.41, 5.74) is 2.92. The highest BCUT2D eigenvalue weighted by Crippen LogP contribution is 2.30. The molecule has 3 rings (SSSR count). The standard InChI is InChI=1S/C16H14N2O3S/c19-8-7-17-15(21)13-9-22-16(18-13)14(20)12-6-5-10-3-1-2-4-11(10)12/h1-4,6,9,19H,5,7-8H2,(H,17,21). The van der Waals surface area contributed by atoms with E-state index >= 15 is 0 Å². The lowest BCUT2D eigenvalue weighted by molar-refractivity contribution is 0.0940. The molecule has 0 bridgehead atoms. The molecule has 1 aromatic carbocycles. The Morgan fingerprint density at radius 1 is 1.32 bits per heavy atom. The molecule has 0 unspecified atom stereocenters. The zero-order valence-electron chi connectivity index (χ0n) is 11.7. The van der Waals surface area contributed by atoms with Crippen LogP contribution in [0.25, 0.3) is 5.57 Å². The van der Waals surface area contributed by atoms with E-state index in [-0.39, 0.29) is 30.5 Å². The minimum atomic E-state index is -0.384. The summed E-state index contributed by atoms with van der Waals surface area (Å²) in [5, 5.41) is 13.1. The summed E-state index contributed by atoms with van der Waals surface area (Å²) >= 11 is 1.16. The molecule has 5 nitrogen and oxygen atoms in total. The summed E-state index contributed by atoms with van der Waals surface area (Å²) in [5.74, 6) is -0.540. The molecule has 0 saturated heterocycles. The first-order valence-corrected chi connectivity index (χ1v) is 7.76. The normalized spacial score (nSPS) is 12.7. The van der Waals surface area contributed by atoms with Gasteiger partial charge in [0.05, 0.1) is 6.61 Å². The molecule has 0 saturated carbocycles. The highest BCUT2D eigenvalue weighted by atomic mass is 32.1. The van der Waals surface area contributed by atoms with Gasteiger partial charge in [0.15, 0.2) is 5.01 Å². The van der Waals surface area contributed by atoms with Crippen LogP contribution in [0.4, 0.5) is 0 Å². The number of nitrogens with zero attached hydrogens (tertiary/aromatic N) is 1. The lowest BCUT2D eigenvalue weighted by Gasteiger charge is -2.02. The van der Waals surface area contributed by atoms with E-state index in [1.54, 1.807) is 5.38 Å². The summed E-state index contributed by atoms with van der Waals surface area (Å²) < 4.78 is 0. The summed E-state index contributed by atoms with van der Waals surface area (Å²) in [6.45, 7) is 0.0313. The fourth-order valence-corrected chi connectivity index (χ4v) is 3.11. The van der Waals surface area contributed by atoms with E-state index in [0.717, 1.165) is 28.9 Å². The molecule has 2 N–H and O–H groups in total. The van der Waals surface area contributed by atoms with Crippen molar-refractivity contribution in [1.29, 1.82) is 0 Å². The molecule has 1 aromatic heterocycles. The van der Waals surface area contributed by atoms with Crippen LogP contribution in [0.15, 0.2) is 35.7 Å². The number of benzene rings is 1. The van der Waals surface area contributed by atoms with Crippen molar-refractivity contribution in [1.82, 2.24) is 10.3 Å². The second kappa shape index (κ2) is 6.21. The number of carbonyl (C=O) groups excluding carboxylic acids is 2. The van der Waals surface area contributed by atoms with Crippen molar-refractivity contribution in [3.63, 3.8) is 0 Å². The number of aromatic nitrogens is 1. The van der Waals surface area contributed by atoms with Crippen LogP contribution in [0.5, 0.6) is 0 Å². The molecule has 1 aliphatic rings. The fourth-order valence-electron chi connectivity index (χ4n) is 2.36. The number of rotatable bonds is 5. The van der Waals surface area contributed by atoms with Gasteiger partial charge in [-0.2, -0.15) is 0 Å². The molecule has 1 aliphatic carbocycles. The molecule has 0 spiro atoms. The van der Waals surface area contributed by atoms with Crippen molar-refractivity contribution in [3.05, 3.63) is 57.6 Å². The van der Waals surface area contributed by atoms with Gasteiger partial charge >= 0.3 is 0 Å². The van der Waals surface area contributed by atoms with E-state index in [2.05, 4.69) is 10.3 Å². The second-order valence-electron chi connectivity index (χ2n) is 4.83. The van der Waals surface area contributed by atoms with Crippen LogP contribution < -0.4 is 5.32 Å². The Hall–Kier alpha value is -2.31. The predicted molar refractivity (Wildman–Crippen MR) is 84.0 cm³/mol. The number of ketones is 1. The van der Waals surface area contributed by atoms with Gasteiger partial charge in [-0.3, -0.25) is 9.59 Å². The molecule has 1 amide bonds. The number of amides is 1. The molecular weight excluding hydrogens is 300 g/mol. The maximum Gasteiger partial charge on any atom is 0.270 e. The van der Waals surface area contributed by atoms with E-state index in [4.69, 9.17) is 5.11 Å². The molecule has 112 valence electrons. The van der Waals surface area contributed by atoms with Crippen LogP contribution in [0.2, 0.25) is 0 Å². The van der Waals surface area contributed by atoms with Crippen molar-refractivity contribution < 1.29 is 14.7 Å². The van der Waals surface area contributed by atoms with Crippen molar-refractivity contribution in [2.75, 3.05) is 13.2 Å². The fraction of sp³-hybridized carbons (Fsp3) is 0.188. The number of thiazole rings is 1. The van der Waals surface area contributed by atoms with Gasteiger partial charge in [0.1, 0.15) is 5.69 Å². The van der Waals surface area contributed by atoms with E-state index in [1.165, 1.54) is 0 Å². The molecule has 2 aromatic rings. The Morgan fingerprint density at radius 2 is 2.14 bits per heavy atom. The maximum atomic E-state index is 12.6. The Balaban J connectivity index is 1.80. The number of nitrogens with one attached hydrogen (secondary N) is 1. The van der Waals surface area contributed by atoms with Gasteiger partial charge in [-0.1, -0.05) is 30.3 Å². The molecule has 0 atom stereocenters. The molecular formula is C16H14N2O3S. The van der Waals surface area contributed by atoms with Crippen LogP contribution in [0.3, 0.4) is 0 Å². The number of aliphatic hydroxyl groups is 1. The average molecular weight is 314 g/mol. The molecule has 0 aliphatic heterocycles. The second-order valence-corrected chi connectivity index (χ2v) is 5.68. The van der Waals surface area contributed by atoms with Gasteiger partial charge in [-0.15, -0.1) is 11.3 Å². The highest BCUT2D eigenvalue weighted by Gasteiger charge is 2.24. The minimum Gasteiger partial charge on any atom is -0.395 e. The van der Waals surface area contributed by atoms with Crippen LogP contribution in [0, 0.1) is 0 Å². The van der Waals surface area contributed by atoms with E-state index in [0.29, 0.717) is 10.6 Å². The third kappa shape index (κ3) is 2.70. The van der Waals surface area contributed by atoms with Crippen molar-refractivity contribution in [2.24, 2.45) is 0 Å². The van der Waals surface area contributed by atoms with Crippen LogP contribution in [-0.2, 0) is 6.42 Å². The Kier molecular flexibility index (Phi) is 4.13. The SMILES string of the molecule is O=C(NCCO)c1csc(C(=O)C2=CCc3ccccc32)n1. The minimum absolute atomic E-state index is 0.134. The summed E-state index contributed by atoms with van der Waals surface area (Å²) in [7, 11) is 0. The quantitative estimate of drug-likeness (QED) is 0.823. The van der Waals surface area contributed by atoms with Gasteiger partial charge in [-0.05, 0) is 17.5 Å². The van der Waals surface area contributed by atoms with E-state index in [9.17, 15) is 9.59 Å². The number of hydrogen-bond donors (Lipinski definition) is 2. The van der Waals surface area contributed by atoms with Gasteiger partial charge in [-0.25, -0.2) is 4.98 Å². The molecule has 0 radical (unpaired) electrons. The molecule has 0 fully saturated rings. The topological polar surface area (TPSA) is 79.3 Å². The third-order valence-corrected chi connectivity index (χ3v) is 4.25.